The van der Waals surface area contributed by atoms with Gasteiger partial charge >= 0.3 is 0 Å². The number of aldehydes is 2. The van der Waals surface area contributed by atoms with Crippen molar-refractivity contribution in [3.8, 4) is 45.0 Å². The van der Waals surface area contributed by atoms with Gasteiger partial charge in [-0.3, -0.25) is 9.59 Å². The summed E-state index contributed by atoms with van der Waals surface area (Å²) in [7, 11) is -2.18. The molecule has 54 heavy (non-hydrogen) atoms. The highest BCUT2D eigenvalue weighted by molar-refractivity contribution is 6.76. The smallest absolute Gasteiger partial charge is 0.181 e. The summed E-state index contributed by atoms with van der Waals surface area (Å²) >= 11 is 0. The van der Waals surface area contributed by atoms with Crippen LogP contribution in [0.1, 0.15) is 20.7 Å². The zero-order valence-corrected chi connectivity index (χ0v) is 34.1. The van der Waals surface area contributed by atoms with Crippen molar-refractivity contribution in [3.63, 3.8) is 0 Å². The fraction of sp³-hybridized carbons (Fsp3) is 0.286. The van der Waals surface area contributed by atoms with Crippen LogP contribution in [0.3, 0.4) is 0 Å². The lowest BCUT2D eigenvalue weighted by molar-refractivity contribution is 0.0784. The summed E-state index contributed by atoms with van der Waals surface area (Å²) in [6.45, 7) is 16.4. The predicted octanol–water partition coefficient (Wildman–Crippen LogP) is 9.47. The Hall–Kier alpha value is -5.15. The Morgan fingerprint density at radius 3 is 1.63 bits per heavy atom. The number of hydrogen-bond acceptors (Lipinski definition) is 8. The van der Waals surface area contributed by atoms with E-state index in [1.807, 2.05) is 84.9 Å². The first-order chi connectivity index (χ1) is 25.9. The molecule has 0 N–H and O–H groups in total. The van der Waals surface area contributed by atoms with Crippen molar-refractivity contribution in [2.75, 3.05) is 13.2 Å². The number of aromatic nitrogens is 6. The Kier molecular flexibility index (Phi) is 13.9. The summed E-state index contributed by atoms with van der Waals surface area (Å²) in [5, 5.41) is 8.83. The standard InChI is InChI=1S/2C21H25N3O2Si/c1-27(2,3)12-11-26-16-24-15-22-21(23-24)20-6-4-5-19(13-20)18-9-7-17(14-25)8-10-18;1-27(2,3)12-11-26-16-24-21(22-15-23-24)20-6-4-5-19(13-20)18-9-7-17(14-25)8-10-18/h2*4-10,13-15H,11-12,16H2,1-3H3. The van der Waals surface area contributed by atoms with Crippen LogP contribution in [-0.4, -0.2) is 71.5 Å². The van der Waals surface area contributed by atoms with Crippen LogP contribution in [-0.2, 0) is 22.9 Å². The number of rotatable bonds is 16. The summed E-state index contributed by atoms with van der Waals surface area (Å²) in [6.07, 6.45) is 4.96. The number of carbonyl (C=O) groups excluding carboxylic acids is 2. The van der Waals surface area contributed by atoms with Gasteiger partial charge in [-0.05, 0) is 46.5 Å². The Morgan fingerprint density at radius 2 is 1.09 bits per heavy atom. The second kappa shape index (κ2) is 18.7. The first kappa shape index (κ1) is 40.0. The third-order valence-corrected chi connectivity index (χ3v) is 12.0. The Bertz CT molecular complexity index is 2100. The Labute approximate surface area is 320 Å². The molecule has 0 bridgehead atoms. The van der Waals surface area contributed by atoms with E-state index in [2.05, 4.69) is 71.6 Å². The molecular weight excluding hydrogens is 709 g/mol. The quantitative estimate of drug-likeness (QED) is 0.0545. The minimum atomic E-state index is -1.10. The van der Waals surface area contributed by atoms with Gasteiger partial charge in [0.25, 0.3) is 0 Å². The topological polar surface area (TPSA) is 114 Å². The van der Waals surface area contributed by atoms with Gasteiger partial charge in [-0.25, -0.2) is 19.3 Å². The average Bonchev–Trinajstić information content (AvgIpc) is 3.85. The van der Waals surface area contributed by atoms with Crippen LogP contribution in [0.25, 0.3) is 45.0 Å². The van der Waals surface area contributed by atoms with E-state index in [4.69, 9.17) is 9.47 Å². The monoisotopic (exact) mass is 758 g/mol. The van der Waals surface area contributed by atoms with E-state index in [1.54, 1.807) is 22.0 Å². The molecule has 0 spiro atoms. The van der Waals surface area contributed by atoms with Crippen molar-refractivity contribution in [3.05, 3.63) is 121 Å². The van der Waals surface area contributed by atoms with Crippen molar-refractivity contribution in [2.45, 2.75) is 64.8 Å². The van der Waals surface area contributed by atoms with Crippen molar-refractivity contribution in [1.82, 2.24) is 29.5 Å². The van der Waals surface area contributed by atoms with Crippen molar-refractivity contribution in [2.24, 2.45) is 0 Å². The summed E-state index contributed by atoms with van der Waals surface area (Å²) in [5.41, 5.74) is 7.52. The van der Waals surface area contributed by atoms with Crippen LogP contribution in [0.2, 0.25) is 51.4 Å². The number of ether oxygens (including phenoxy) is 2. The second-order valence-corrected chi connectivity index (χ2v) is 26.8. The molecule has 0 unspecified atom stereocenters. The molecule has 0 amide bonds. The van der Waals surface area contributed by atoms with Gasteiger partial charge in [-0.2, -0.15) is 5.10 Å². The molecular formula is C42H50N6O4Si2. The van der Waals surface area contributed by atoms with Gasteiger partial charge < -0.3 is 9.47 Å². The minimum Gasteiger partial charge on any atom is -0.359 e. The second-order valence-electron chi connectivity index (χ2n) is 15.5. The van der Waals surface area contributed by atoms with Gasteiger partial charge in [0, 0.05) is 51.6 Å². The summed E-state index contributed by atoms with van der Waals surface area (Å²) in [4.78, 5) is 30.5. The van der Waals surface area contributed by atoms with Crippen LogP contribution in [0.5, 0.6) is 0 Å². The van der Waals surface area contributed by atoms with E-state index in [1.165, 1.54) is 0 Å². The fourth-order valence-corrected chi connectivity index (χ4v) is 6.83. The lowest BCUT2D eigenvalue weighted by Gasteiger charge is -2.15. The molecule has 12 heteroatoms. The van der Waals surface area contributed by atoms with E-state index in [9.17, 15) is 9.59 Å². The highest BCUT2D eigenvalue weighted by Gasteiger charge is 2.14. The first-order valence-electron chi connectivity index (χ1n) is 18.2. The average molecular weight is 759 g/mol. The van der Waals surface area contributed by atoms with E-state index in [-0.39, 0.29) is 0 Å². The summed E-state index contributed by atoms with van der Waals surface area (Å²) in [5.74, 6) is 1.46. The normalized spacial score (nSPS) is 11.5. The lowest BCUT2D eigenvalue weighted by atomic mass is 10.0. The van der Waals surface area contributed by atoms with Crippen molar-refractivity contribution in [1.29, 1.82) is 0 Å². The molecule has 280 valence electrons. The maximum absolute atomic E-state index is 10.8. The Morgan fingerprint density at radius 1 is 0.593 bits per heavy atom. The minimum absolute atomic E-state index is 0.401. The van der Waals surface area contributed by atoms with Crippen molar-refractivity contribution >= 4 is 28.7 Å². The molecule has 4 aromatic carbocycles. The molecule has 10 nitrogen and oxygen atoms in total. The predicted molar refractivity (Wildman–Crippen MR) is 221 cm³/mol. The third kappa shape index (κ3) is 12.2. The fourth-order valence-electron chi connectivity index (χ4n) is 5.32. The van der Waals surface area contributed by atoms with Gasteiger partial charge in [0.05, 0.1) is 0 Å². The number of benzene rings is 4. The number of carbonyl (C=O) groups is 2. The molecule has 0 atom stereocenters. The van der Waals surface area contributed by atoms with Crippen LogP contribution >= 0.6 is 0 Å². The molecule has 0 aliphatic heterocycles. The Balaban J connectivity index is 0.000000208. The molecule has 0 radical (unpaired) electrons. The number of hydrogen-bond donors (Lipinski definition) is 0. The SMILES string of the molecule is C[Si](C)(C)CCOCn1cnc(-c2cccc(-c3ccc(C=O)cc3)c2)n1.C[Si](C)(C)CCOCn1ncnc1-c1cccc(-c2ccc(C=O)cc2)c1. The van der Waals surface area contributed by atoms with Crippen LogP contribution in [0.4, 0.5) is 0 Å². The van der Waals surface area contributed by atoms with E-state index in [0.29, 0.717) is 30.4 Å². The maximum Gasteiger partial charge on any atom is 0.181 e. The largest absolute Gasteiger partial charge is 0.359 e. The maximum atomic E-state index is 10.8. The van der Waals surface area contributed by atoms with Crippen LogP contribution in [0, 0.1) is 0 Å². The van der Waals surface area contributed by atoms with Gasteiger partial charge in [0.2, 0.25) is 0 Å². The molecule has 0 saturated carbocycles. The third-order valence-electron chi connectivity index (χ3n) is 8.58. The molecule has 0 saturated heterocycles. The highest BCUT2D eigenvalue weighted by Crippen LogP contribution is 2.27. The molecule has 0 aliphatic carbocycles. The summed E-state index contributed by atoms with van der Waals surface area (Å²) < 4.78 is 15.1. The van der Waals surface area contributed by atoms with Gasteiger partial charge in [-0.15, -0.1) is 5.10 Å². The lowest BCUT2D eigenvalue weighted by Crippen LogP contribution is -2.22. The molecule has 6 rings (SSSR count). The van der Waals surface area contributed by atoms with Gasteiger partial charge in [0.1, 0.15) is 38.7 Å². The first-order valence-corrected chi connectivity index (χ1v) is 25.6. The zero-order valence-electron chi connectivity index (χ0n) is 32.1. The molecule has 2 aromatic heterocycles. The molecule has 0 fully saturated rings. The molecule has 6 aromatic rings. The van der Waals surface area contributed by atoms with E-state index in [0.717, 1.165) is 77.1 Å². The van der Waals surface area contributed by atoms with Crippen LogP contribution in [0.15, 0.2) is 110 Å². The van der Waals surface area contributed by atoms with Gasteiger partial charge in [0.15, 0.2) is 11.6 Å². The summed E-state index contributed by atoms with van der Waals surface area (Å²) in [6, 6.07) is 33.6. The van der Waals surface area contributed by atoms with Crippen LogP contribution < -0.4 is 0 Å². The van der Waals surface area contributed by atoms with E-state index < -0.39 is 16.1 Å². The number of nitrogens with zero attached hydrogens (tertiary/aromatic N) is 6. The molecule has 0 aliphatic rings. The highest BCUT2D eigenvalue weighted by atomic mass is 28.3. The molecule has 2 heterocycles. The van der Waals surface area contributed by atoms with Crippen molar-refractivity contribution < 1.29 is 19.1 Å². The zero-order chi connectivity index (χ0) is 38.6. The van der Waals surface area contributed by atoms with E-state index >= 15 is 0 Å². The van der Waals surface area contributed by atoms with Gasteiger partial charge in [-0.1, -0.05) is 124 Å².